The fraction of sp³-hybridized carbons (Fsp3) is 0.0909. The highest BCUT2D eigenvalue weighted by Crippen LogP contribution is 2.28. The van der Waals surface area contributed by atoms with E-state index in [1.54, 1.807) is 36.5 Å². The molecule has 41 heavy (non-hydrogen) atoms. The normalized spacial score (nSPS) is 10.5. The summed E-state index contributed by atoms with van der Waals surface area (Å²) in [7, 11) is 0. The van der Waals surface area contributed by atoms with E-state index < -0.39 is 5.97 Å². The molecular formula is C33H25N3O5. The van der Waals surface area contributed by atoms with E-state index in [1.807, 2.05) is 60.7 Å². The molecule has 5 rings (SSSR count). The molecule has 8 nitrogen and oxygen atoms in total. The lowest BCUT2D eigenvalue weighted by atomic mass is 10.1. The molecular weight excluding hydrogens is 518 g/mol. The average molecular weight is 544 g/mol. The van der Waals surface area contributed by atoms with Crippen molar-refractivity contribution in [2.45, 2.75) is 12.8 Å². The maximum Gasteiger partial charge on any atom is 0.337 e. The van der Waals surface area contributed by atoms with Crippen LogP contribution in [0.2, 0.25) is 0 Å². The van der Waals surface area contributed by atoms with Crippen LogP contribution in [-0.4, -0.2) is 28.6 Å². The van der Waals surface area contributed by atoms with Crippen molar-refractivity contribution in [2.24, 2.45) is 0 Å². The molecule has 2 N–H and O–H groups in total. The number of hydrogen-bond donors (Lipinski definition) is 2. The van der Waals surface area contributed by atoms with E-state index >= 15 is 0 Å². The molecule has 0 aliphatic rings. The van der Waals surface area contributed by atoms with E-state index in [1.165, 1.54) is 6.07 Å². The first-order valence-electron chi connectivity index (χ1n) is 12.8. The molecule has 0 bridgehead atoms. The van der Waals surface area contributed by atoms with E-state index in [9.17, 15) is 14.7 Å². The summed E-state index contributed by atoms with van der Waals surface area (Å²) >= 11 is 0. The number of anilines is 1. The first kappa shape index (κ1) is 26.9. The van der Waals surface area contributed by atoms with Crippen LogP contribution in [0.3, 0.4) is 0 Å². The summed E-state index contributed by atoms with van der Waals surface area (Å²) in [6, 6.07) is 28.8. The molecule has 0 saturated carbocycles. The van der Waals surface area contributed by atoms with E-state index in [4.69, 9.17) is 16.0 Å². The molecule has 0 fully saturated rings. The van der Waals surface area contributed by atoms with Gasteiger partial charge in [0.15, 0.2) is 5.69 Å². The van der Waals surface area contributed by atoms with Crippen molar-refractivity contribution < 1.29 is 24.2 Å². The molecule has 0 radical (unpaired) electrons. The maximum absolute atomic E-state index is 12.4. The van der Waals surface area contributed by atoms with E-state index in [2.05, 4.69) is 15.1 Å². The third-order valence-electron chi connectivity index (χ3n) is 6.32. The largest absolute Gasteiger partial charge is 0.493 e. The van der Waals surface area contributed by atoms with Gasteiger partial charge in [0.1, 0.15) is 11.5 Å². The van der Waals surface area contributed by atoms with Crippen LogP contribution in [0.1, 0.15) is 21.5 Å². The molecule has 0 spiro atoms. The number of amides is 1. The average Bonchev–Trinajstić information content (AvgIpc) is 2.98. The minimum absolute atomic E-state index is 0.0299. The Bertz CT molecular complexity index is 1740. The van der Waals surface area contributed by atoms with Gasteiger partial charge in [-0.1, -0.05) is 54.6 Å². The molecule has 4 aromatic carbocycles. The number of aromatic carboxylic acids is 1. The topological polar surface area (TPSA) is 102 Å². The number of para-hydroxylation sites is 1. The fourth-order valence-corrected chi connectivity index (χ4v) is 4.23. The minimum atomic E-state index is -1.11. The minimum Gasteiger partial charge on any atom is -0.493 e. The molecule has 0 aliphatic carbocycles. The van der Waals surface area contributed by atoms with Gasteiger partial charge in [-0.3, -0.25) is 4.79 Å². The zero-order valence-electron chi connectivity index (χ0n) is 21.9. The number of ether oxygens (including phenoxy) is 2. The zero-order valence-corrected chi connectivity index (χ0v) is 21.9. The fourth-order valence-electron chi connectivity index (χ4n) is 4.23. The number of nitrogens with zero attached hydrogens (tertiary/aromatic N) is 2. The second-order valence-electron chi connectivity index (χ2n) is 9.23. The predicted molar refractivity (Wildman–Crippen MR) is 156 cm³/mol. The van der Waals surface area contributed by atoms with Crippen LogP contribution in [0.4, 0.5) is 11.4 Å². The van der Waals surface area contributed by atoms with Gasteiger partial charge in [0.2, 0.25) is 11.8 Å². The predicted octanol–water partition coefficient (Wildman–Crippen LogP) is 7.08. The molecule has 0 unspecified atom stereocenters. The Morgan fingerprint density at radius 2 is 1.56 bits per heavy atom. The molecule has 1 heterocycles. The Morgan fingerprint density at radius 3 is 2.27 bits per heavy atom. The maximum atomic E-state index is 12.4. The van der Waals surface area contributed by atoms with Crippen molar-refractivity contribution in [3.63, 3.8) is 0 Å². The highest BCUT2D eigenvalue weighted by atomic mass is 16.5. The van der Waals surface area contributed by atoms with Gasteiger partial charge in [-0.25, -0.2) is 14.6 Å². The van der Waals surface area contributed by atoms with Crippen molar-refractivity contribution in [2.75, 3.05) is 11.9 Å². The lowest BCUT2D eigenvalue weighted by Gasteiger charge is -2.10. The molecule has 1 amide bonds. The van der Waals surface area contributed by atoms with Crippen molar-refractivity contribution >= 4 is 34.0 Å². The SMILES string of the molecule is [C-]#[N+]c1ccc(CCOc2ccc3cc(Oc4ccc(CC(=O)Nc5ccccc5C(=O)O)cn4)ccc3c2)cc1. The number of fused-ring (bicyclic) bond motifs is 1. The standard InChI is InChI=1S/C33H25N3O5/c1-34-26-11-6-22(7-12-26)16-17-40-27-13-9-25-20-28(14-10-24(25)19-27)41-32-15-8-23(21-35-32)18-31(37)36-30-5-3-2-4-29(30)33(38)39/h2-15,19-21H,16-18H2,(H,36,37)(H,38,39). The van der Waals surface area contributed by atoms with E-state index in [-0.39, 0.29) is 23.6 Å². The quantitative estimate of drug-likeness (QED) is 0.183. The number of carbonyl (C=O) groups excluding carboxylic acids is 1. The van der Waals surface area contributed by atoms with Crippen LogP contribution in [0.5, 0.6) is 17.4 Å². The number of carboxylic acids is 1. The van der Waals surface area contributed by atoms with Gasteiger partial charge < -0.3 is 19.9 Å². The van der Waals surface area contributed by atoms with Crippen LogP contribution >= 0.6 is 0 Å². The summed E-state index contributed by atoms with van der Waals surface area (Å²) in [6.07, 6.45) is 2.34. The number of carboxylic acid groups (broad SMARTS) is 1. The molecule has 202 valence electrons. The Balaban J connectivity index is 1.15. The van der Waals surface area contributed by atoms with Crippen LogP contribution in [0, 0.1) is 6.57 Å². The third-order valence-corrected chi connectivity index (χ3v) is 6.32. The number of hydrogen-bond acceptors (Lipinski definition) is 5. The van der Waals surface area contributed by atoms with Crippen molar-refractivity contribution in [3.05, 3.63) is 131 Å². The summed E-state index contributed by atoms with van der Waals surface area (Å²) in [4.78, 5) is 31.5. The highest BCUT2D eigenvalue weighted by molar-refractivity contribution is 6.01. The van der Waals surface area contributed by atoms with Gasteiger partial charge in [0, 0.05) is 18.7 Å². The molecule has 0 atom stereocenters. The van der Waals surface area contributed by atoms with Crippen LogP contribution < -0.4 is 14.8 Å². The Hall–Kier alpha value is -5.68. The van der Waals surface area contributed by atoms with Gasteiger partial charge in [0.25, 0.3) is 0 Å². The van der Waals surface area contributed by atoms with Crippen LogP contribution in [0.25, 0.3) is 15.6 Å². The van der Waals surface area contributed by atoms with Crippen molar-refractivity contribution in [1.82, 2.24) is 4.98 Å². The summed E-state index contributed by atoms with van der Waals surface area (Å²) in [5.41, 5.74) is 2.68. The Labute approximate surface area is 236 Å². The monoisotopic (exact) mass is 543 g/mol. The first-order valence-corrected chi connectivity index (χ1v) is 12.8. The van der Waals surface area contributed by atoms with Crippen LogP contribution in [-0.2, 0) is 17.6 Å². The number of nitrogens with one attached hydrogen (secondary N) is 1. The Kier molecular flexibility index (Phi) is 8.17. The second kappa shape index (κ2) is 12.5. The lowest BCUT2D eigenvalue weighted by molar-refractivity contribution is -0.115. The van der Waals surface area contributed by atoms with Gasteiger partial charge >= 0.3 is 5.97 Å². The smallest absolute Gasteiger partial charge is 0.337 e. The number of pyridine rings is 1. The van der Waals surface area contributed by atoms with E-state index in [0.29, 0.717) is 29.5 Å². The third kappa shape index (κ3) is 7.05. The zero-order chi connectivity index (χ0) is 28.6. The highest BCUT2D eigenvalue weighted by Gasteiger charge is 2.12. The molecule has 8 heteroatoms. The van der Waals surface area contributed by atoms with Crippen molar-refractivity contribution in [1.29, 1.82) is 0 Å². The molecule has 0 aliphatic heterocycles. The molecule has 0 saturated heterocycles. The van der Waals surface area contributed by atoms with Gasteiger partial charge in [0.05, 0.1) is 30.9 Å². The van der Waals surface area contributed by atoms with Gasteiger partial charge in [-0.05, 0) is 58.3 Å². The Morgan fingerprint density at radius 1 is 0.854 bits per heavy atom. The summed E-state index contributed by atoms with van der Waals surface area (Å²) in [5.74, 6) is 0.328. The number of carbonyl (C=O) groups is 2. The summed E-state index contributed by atoms with van der Waals surface area (Å²) < 4.78 is 11.9. The van der Waals surface area contributed by atoms with Gasteiger partial charge in [-0.2, -0.15) is 0 Å². The molecule has 1 aromatic heterocycles. The first-order chi connectivity index (χ1) is 20.0. The van der Waals surface area contributed by atoms with Gasteiger partial charge in [-0.15, -0.1) is 0 Å². The van der Waals surface area contributed by atoms with Crippen LogP contribution in [0.15, 0.2) is 103 Å². The van der Waals surface area contributed by atoms with Crippen molar-refractivity contribution in [3.8, 4) is 17.4 Å². The van der Waals surface area contributed by atoms with E-state index in [0.717, 1.165) is 28.5 Å². The summed E-state index contributed by atoms with van der Waals surface area (Å²) in [5, 5.41) is 13.9. The number of rotatable bonds is 10. The second-order valence-corrected chi connectivity index (χ2v) is 9.23. The summed E-state index contributed by atoms with van der Waals surface area (Å²) in [6.45, 7) is 7.57. The lowest BCUT2D eigenvalue weighted by Crippen LogP contribution is -2.16. The molecule has 5 aromatic rings. The number of aromatic nitrogens is 1. The number of benzene rings is 4.